The van der Waals surface area contributed by atoms with E-state index >= 15 is 0 Å². The zero-order valence-electron chi connectivity index (χ0n) is 10.7. The zero-order valence-corrected chi connectivity index (χ0v) is 10.7. The molecule has 0 heterocycles. The maximum atomic E-state index is 13.3. The maximum Gasteiger partial charge on any atom is 0.102 e. The molecule has 0 aromatic rings. The van der Waals surface area contributed by atoms with Gasteiger partial charge in [0.1, 0.15) is 6.17 Å². The van der Waals surface area contributed by atoms with Gasteiger partial charge in [-0.25, -0.2) is 4.39 Å². The lowest BCUT2D eigenvalue weighted by atomic mass is 9.87. The lowest BCUT2D eigenvalue weighted by molar-refractivity contribution is 0.103. The highest BCUT2D eigenvalue weighted by Gasteiger charge is 2.33. The first kappa shape index (κ1) is 12.9. The molecule has 2 nitrogen and oxygen atoms in total. The van der Waals surface area contributed by atoms with E-state index in [4.69, 9.17) is 0 Å². The van der Waals surface area contributed by atoms with Crippen LogP contribution in [0.15, 0.2) is 0 Å². The van der Waals surface area contributed by atoms with Crippen LogP contribution < -0.4 is 5.32 Å². The summed E-state index contributed by atoms with van der Waals surface area (Å²) in [7, 11) is 4.08. The summed E-state index contributed by atoms with van der Waals surface area (Å²) in [6, 6.07) is 0.750. The Morgan fingerprint density at radius 3 is 2.27 bits per heavy atom. The largest absolute Gasteiger partial charge is 0.308 e. The van der Waals surface area contributed by atoms with Crippen LogP contribution in [0.4, 0.5) is 4.39 Å². The first-order valence-corrected chi connectivity index (χ1v) is 5.88. The Hall–Kier alpha value is -0.150. The van der Waals surface area contributed by atoms with Crippen molar-refractivity contribution in [3.05, 3.63) is 0 Å². The summed E-state index contributed by atoms with van der Waals surface area (Å²) in [5, 5.41) is 3.60. The average Bonchev–Trinajstić information content (AvgIpc) is 2.05. The third-order valence-corrected chi connectivity index (χ3v) is 3.03. The fourth-order valence-corrected chi connectivity index (χ4v) is 2.39. The summed E-state index contributed by atoms with van der Waals surface area (Å²) in [5.41, 5.74) is 0.113. The molecule has 1 aliphatic carbocycles. The Balaban J connectivity index is 2.61. The van der Waals surface area contributed by atoms with Gasteiger partial charge in [0.05, 0.1) is 0 Å². The van der Waals surface area contributed by atoms with E-state index < -0.39 is 6.17 Å². The smallest absolute Gasteiger partial charge is 0.102 e. The Morgan fingerprint density at radius 2 is 1.80 bits per heavy atom. The summed E-state index contributed by atoms with van der Waals surface area (Å²) in [4.78, 5) is 2.15. The molecule has 15 heavy (non-hydrogen) atoms. The summed E-state index contributed by atoms with van der Waals surface area (Å²) in [6.07, 6.45) is 1.70. The summed E-state index contributed by atoms with van der Waals surface area (Å²) >= 11 is 0. The SMILES string of the molecule is CN(C)[C@H]1CC(F)CC[C@@H]1NC(C)(C)C. The molecule has 0 aromatic heterocycles. The lowest BCUT2D eigenvalue weighted by Gasteiger charge is -2.41. The monoisotopic (exact) mass is 216 g/mol. The van der Waals surface area contributed by atoms with Crippen molar-refractivity contribution in [1.82, 2.24) is 10.2 Å². The zero-order chi connectivity index (χ0) is 11.6. The number of nitrogens with zero attached hydrogens (tertiary/aromatic N) is 1. The Kier molecular flexibility index (Phi) is 4.13. The van der Waals surface area contributed by atoms with Crippen LogP contribution in [0.2, 0.25) is 0 Å². The molecule has 0 aromatic carbocycles. The number of nitrogens with one attached hydrogen (secondary N) is 1. The minimum atomic E-state index is -0.615. The van der Waals surface area contributed by atoms with Crippen LogP contribution in [0.5, 0.6) is 0 Å². The van der Waals surface area contributed by atoms with Crippen molar-refractivity contribution in [3.63, 3.8) is 0 Å². The van der Waals surface area contributed by atoms with Crippen LogP contribution in [0.1, 0.15) is 40.0 Å². The topological polar surface area (TPSA) is 15.3 Å². The Labute approximate surface area is 93.2 Å². The second kappa shape index (κ2) is 4.79. The van der Waals surface area contributed by atoms with Gasteiger partial charge in [-0.05, 0) is 54.1 Å². The van der Waals surface area contributed by atoms with Gasteiger partial charge in [0, 0.05) is 17.6 Å². The molecule has 0 aliphatic heterocycles. The molecule has 1 fully saturated rings. The normalized spacial score (nSPS) is 33.4. The number of hydrogen-bond acceptors (Lipinski definition) is 2. The second-order valence-corrected chi connectivity index (χ2v) is 5.94. The molecule has 3 atom stereocenters. The number of hydrogen-bond donors (Lipinski definition) is 1. The predicted molar refractivity (Wildman–Crippen MR) is 62.9 cm³/mol. The number of alkyl halides is 1. The van der Waals surface area contributed by atoms with Gasteiger partial charge in [0.2, 0.25) is 0 Å². The van der Waals surface area contributed by atoms with Crippen molar-refractivity contribution in [1.29, 1.82) is 0 Å². The third-order valence-electron chi connectivity index (χ3n) is 3.03. The molecule has 1 N–H and O–H groups in total. The molecule has 1 saturated carbocycles. The van der Waals surface area contributed by atoms with E-state index in [2.05, 4.69) is 31.0 Å². The van der Waals surface area contributed by atoms with Crippen LogP contribution in [0.25, 0.3) is 0 Å². The molecule has 3 heteroatoms. The van der Waals surface area contributed by atoms with Crippen molar-refractivity contribution >= 4 is 0 Å². The first-order valence-electron chi connectivity index (χ1n) is 5.88. The van der Waals surface area contributed by atoms with Gasteiger partial charge in [-0.15, -0.1) is 0 Å². The number of rotatable bonds is 2. The third kappa shape index (κ3) is 4.07. The van der Waals surface area contributed by atoms with E-state index in [0.29, 0.717) is 24.9 Å². The predicted octanol–water partition coefficient (Wildman–Crippen LogP) is 2.20. The van der Waals surface area contributed by atoms with Gasteiger partial charge in [-0.1, -0.05) is 0 Å². The second-order valence-electron chi connectivity index (χ2n) is 5.94. The molecule has 0 radical (unpaired) electrons. The molecule has 0 amide bonds. The number of halogens is 1. The van der Waals surface area contributed by atoms with Crippen LogP contribution >= 0.6 is 0 Å². The van der Waals surface area contributed by atoms with Crippen molar-refractivity contribution < 1.29 is 4.39 Å². The van der Waals surface area contributed by atoms with Gasteiger partial charge in [0.25, 0.3) is 0 Å². The minimum Gasteiger partial charge on any atom is -0.308 e. The molecule has 1 aliphatic rings. The van der Waals surface area contributed by atoms with E-state index in [1.54, 1.807) is 0 Å². The van der Waals surface area contributed by atoms with E-state index in [0.717, 1.165) is 6.42 Å². The Morgan fingerprint density at radius 1 is 1.20 bits per heavy atom. The van der Waals surface area contributed by atoms with Crippen molar-refractivity contribution in [3.8, 4) is 0 Å². The number of likely N-dealkylation sites (N-methyl/N-ethyl adjacent to an activating group) is 1. The molecule has 1 rings (SSSR count). The van der Waals surface area contributed by atoms with Crippen molar-refractivity contribution in [2.75, 3.05) is 14.1 Å². The molecular weight excluding hydrogens is 191 g/mol. The summed E-state index contributed by atoms with van der Waals surface area (Å²) in [5.74, 6) is 0. The molecule has 0 spiro atoms. The standard InChI is InChI=1S/C12H25FN2/c1-12(2,3)14-10-7-6-9(13)8-11(10)15(4)5/h9-11,14H,6-8H2,1-5H3/t9?,10-,11-/m0/s1. The van der Waals surface area contributed by atoms with Gasteiger partial charge in [-0.3, -0.25) is 0 Å². The Bertz CT molecular complexity index is 198. The van der Waals surface area contributed by atoms with E-state index in [1.165, 1.54) is 0 Å². The highest BCUT2D eigenvalue weighted by molar-refractivity contribution is 4.92. The maximum absolute atomic E-state index is 13.3. The first-order chi connectivity index (χ1) is 6.79. The summed E-state index contributed by atoms with van der Waals surface area (Å²) < 4.78 is 13.3. The highest BCUT2D eigenvalue weighted by atomic mass is 19.1. The van der Waals surface area contributed by atoms with Crippen molar-refractivity contribution in [2.45, 2.75) is 63.8 Å². The lowest BCUT2D eigenvalue weighted by Crippen LogP contribution is -2.56. The molecule has 0 saturated heterocycles. The van der Waals surface area contributed by atoms with E-state index in [-0.39, 0.29) is 5.54 Å². The molecule has 1 unspecified atom stereocenters. The fraction of sp³-hybridized carbons (Fsp3) is 1.00. The van der Waals surface area contributed by atoms with Crippen LogP contribution in [-0.2, 0) is 0 Å². The minimum absolute atomic E-state index is 0.113. The van der Waals surface area contributed by atoms with E-state index in [1.807, 2.05) is 14.1 Å². The van der Waals surface area contributed by atoms with Gasteiger partial charge in [-0.2, -0.15) is 0 Å². The molecule has 0 bridgehead atoms. The van der Waals surface area contributed by atoms with Gasteiger partial charge >= 0.3 is 0 Å². The van der Waals surface area contributed by atoms with Crippen molar-refractivity contribution in [2.24, 2.45) is 0 Å². The quantitative estimate of drug-likeness (QED) is 0.761. The summed E-state index contributed by atoms with van der Waals surface area (Å²) in [6.45, 7) is 6.50. The average molecular weight is 216 g/mol. The molecule has 90 valence electrons. The van der Waals surface area contributed by atoms with Crippen LogP contribution in [-0.4, -0.2) is 42.8 Å². The van der Waals surface area contributed by atoms with Gasteiger partial charge < -0.3 is 10.2 Å². The van der Waals surface area contributed by atoms with Crippen LogP contribution in [0.3, 0.4) is 0 Å². The van der Waals surface area contributed by atoms with Crippen LogP contribution in [0, 0.1) is 0 Å². The van der Waals surface area contributed by atoms with E-state index in [9.17, 15) is 4.39 Å². The highest BCUT2D eigenvalue weighted by Crippen LogP contribution is 2.25. The van der Waals surface area contributed by atoms with Gasteiger partial charge in [0.15, 0.2) is 0 Å². The fourth-order valence-electron chi connectivity index (χ4n) is 2.39. The molecular formula is C12H25FN2.